The summed E-state index contributed by atoms with van der Waals surface area (Å²) in [5, 5.41) is 9.41. The molecule has 2 N–H and O–H groups in total. The molecule has 2 aliphatic rings. The van der Waals surface area contributed by atoms with Gasteiger partial charge in [-0.25, -0.2) is 13.2 Å². The third-order valence-electron chi connectivity index (χ3n) is 6.29. The van der Waals surface area contributed by atoms with Crippen LogP contribution in [0.5, 0.6) is 0 Å². The SMILES string of the molecule is O=C(O)c1ccc(N2CCN(C3CCCCC3)CC2)c(NS(=O)(=O)c2ccccc2)c1. The van der Waals surface area contributed by atoms with Gasteiger partial charge in [-0.2, -0.15) is 0 Å². The lowest BCUT2D eigenvalue weighted by Crippen LogP contribution is -2.51. The average Bonchev–Trinajstić information content (AvgIpc) is 2.80. The van der Waals surface area contributed by atoms with Gasteiger partial charge in [0.25, 0.3) is 10.0 Å². The predicted molar refractivity (Wildman–Crippen MR) is 121 cm³/mol. The van der Waals surface area contributed by atoms with Gasteiger partial charge in [0.05, 0.1) is 21.8 Å². The summed E-state index contributed by atoms with van der Waals surface area (Å²) < 4.78 is 28.4. The summed E-state index contributed by atoms with van der Waals surface area (Å²) in [7, 11) is -3.82. The number of hydrogen-bond donors (Lipinski definition) is 2. The first-order chi connectivity index (χ1) is 14.9. The first kappa shape index (κ1) is 21.6. The number of aromatic carboxylic acids is 1. The van der Waals surface area contributed by atoms with E-state index in [-0.39, 0.29) is 10.5 Å². The number of rotatable bonds is 6. The molecule has 1 aliphatic carbocycles. The number of nitrogens with one attached hydrogen (secondary N) is 1. The minimum atomic E-state index is -3.82. The number of carboxylic acids is 1. The Balaban J connectivity index is 1.56. The number of nitrogens with zero attached hydrogens (tertiary/aromatic N) is 2. The van der Waals surface area contributed by atoms with Crippen molar-refractivity contribution in [3.63, 3.8) is 0 Å². The topological polar surface area (TPSA) is 89.9 Å². The highest BCUT2D eigenvalue weighted by Crippen LogP contribution is 2.31. The van der Waals surface area contributed by atoms with Crippen LogP contribution in [0.3, 0.4) is 0 Å². The Morgan fingerprint density at radius 1 is 0.935 bits per heavy atom. The smallest absolute Gasteiger partial charge is 0.335 e. The van der Waals surface area contributed by atoms with E-state index in [1.165, 1.54) is 56.4 Å². The normalized spacial score (nSPS) is 18.6. The second-order valence-corrected chi connectivity index (χ2v) is 9.95. The van der Waals surface area contributed by atoms with Crippen LogP contribution >= 0.6 is 0 Å². The third kappa shape index (κ3) is 5.02. The molecule has 1 saturated carbocycles. The van der Waals surface area contributed by atoms with E-state index in [9.17, 15) is 18.3 Å². The van der Waals surface area contributed by atoms with Crippen LogP contribution in [0.1, 0.15) is 42.5 Å². The van der Waals surface area contributed by atoms with Gasteiger partial charge in [0.2, 0.25) is 0 Å². The number of carboxylic acid groups (broad SMARTS) is 1. The average molecular weight is 444 g/mol. The minimum Gasteiger partial charge on any atom is -0.478 e. The van der Waals surface area contributed by atoms with Crippen LogP contribution in [-0.2, 0) is 10.0 Å². The molecule has 0 unspecified atom stereocenters. The van der Waals surface area contributed by atoms with E-state index in [4.69, 9.17) is 0 Å². The molecule has 4 rings (SSSR count). The molecule has 31 heavy (non-hydrogen) atoms. The zero-order chi connectivity index (χ0) is 21.8. The highest BCUT2D eigenvalue weighted by molar-refractivity contribution is 7.92. The first-order valence-corrected chi connectivity index (χ1v) is 12.4. The minimum absolute atomic E-state index is 0.0513. The van der Waals surface area contributed by atoms with Gasteiger partial charge in [0.1, 0.15) is 0 Å². The fraction of sp³-hybridized carbons (Fsp3) is 0.435. The molecular formula is C23H29N3O4S. The van der Waals surface area contributed by atoms with Gasteiger partial charge in [-0.15, -0.1) is 0 Å². The molecule has 1 aliphatic heterocycles. The summed E-state index contributed by atoms with van der Waals surface area (Å²) in [4.78, 5) is 16.3. The van der Waals surface area contributed by atoms with Gasteiger partial charge >= 0.3 is 5.97 Å². The maximum atomic E-state index is 12.9. The number of sulfonamides is 1. The predicted octanol–water partition coefficient (Wildman–Crippen LogP) is 3.64. The molecule has 0 atom stereocenters. The van der Waals surface area contributed by atoms with E-state index in [2.05, 4.69) is 14.5 Å². The van der Waals surface area contributed by atoms with Gasteiger partial charge in [-0.1, -0.05) is 37.5 Å². The Bertz CT molecular complexity index is 1010. The molecule has 2 aromatic carbocycles. The third-order valence-corrected chi connectivity index (χ3v) is 7.67. The number of hydrogen-bond acceptors (Lipinski definition) is 5. The molecule has 0 radical (unpaired) electrons. The molecule has 0 bridgehead atoms. The van der Waals surface area contributed by atoms with Crippen LogP contribution in [0, 0.1) is 0 Å². The second kappa shape index (κ2) is 9.28. The van der Waals surface area contributed by atoms with Gasteiger partial charge < -0.3 is 10.0 Å². The number of benzene rings is 2. The molecule has 2 fully saturated rings. The van der Waals surface area contributed by atoms with E-state index >= 15 is 0 Å². The summed E-state index contributed by atoms with van der Waals surface area (Å²) in [5.74, 6) is -1.09. The Morgan fingerprint density at radius 2 is 1.61 bits per heavy atom. The highest BCUT2D eigenvalue weighted by atomic mass is 32.2. The van der Waals surface area contributed by atoms with Crippen LogP contribution in [-0.4, -0.2) is 56.6 Å². The van der Waals surface area contributed by atoms with Crippen LogP contribution in [0.15, 0.2) is 53.4 Å². The van der Waals surface area contributed by atoms with Crippen LogP contribution in [0.4, 0.5) is 11.4 Å². The fourth-order valence-electron chi connectivity index (χ4n) is 4.60. The number of piperazine rings is 1. The van der Waals surface area contributed by atoms with Crippen LogP contribution < -0.4 is 9.62 Å². The number of anilines is 2. The summed E-state index contributed by atoms with van der Waals surface area (Å²) >= 11 is 0. The van der Waals surface area contributed by atoms with Gasteiger partial charge in [0, 0.05) is 32.2 Å². The van der Waals surface area contributed by atoms with E-state index in [1.807, 2.05) is 0 Å². The van der Waals surface area contributed by atoms with E-state index in [1.54, 1.807) is 24.3 Å². The zero-order valence-corrected chi connectivity index (χ0v) is 18.4. The zero-order valence-electron chi connectivity index (χ0n) is 17.5. The molecule has 2 aromatic rings. The lowest BCUT2D eigenvalue weighted by Gasteiger charge is -2.42. The van der Waals surface area contributed by atoms with E-state index < -0.39 is 16.0 Å². The summed E-state index contributed by atoms with van der Waals surface area (Å²) in [6.45, 7) is 3.42. The van der Waals surface area contributed by atoms with Gasteiger partial charge in [-0.3, -0.25) is 9.62 Å². The lowest BCUT2D eigenvalue weighted by molar-refractivity contribution is 0.0697. The van der Waals surface area contributed by atoms with Crippen molar-refractivity contribution in [2.75, 3.05) is 35.8 Å². The largest absolute Gasteiger partial charge is 0.478 e. The van der Waals surface area contributed by atoms with Crippen molar-refractivity contribution in [2.45, 2.75) is 43.0 Å². The summed E-state index contributed by atoms with van der Waals surface area (Å²) in [5.41, 5.74) is 1.07. The molecular weight excluding hydrogens is 414 g/mol. The molecule has 7 nitrogen and oxygen atoms in total. The van der Waals surface area contributed by atoms with Crippen molar-refractivity contribution in [3.8, 4) is 0 Å². The van der Waals surface area contributed by atoms with E-state index in [0.717, 1.165) is 26.2 Å². The Labute approximate surface area is 183 Å². The fourth-order valence-corrected chi connectivity index (χ4v) is 5.69. The molecule has 1 heterocycles. The molecule has 0 aromatic heterocycles. The molecule has 0 spiro atoms. The molecule has 8 heteroatoms. The van der Waals surface area contributed by atoms with Gasteiger partial charge in [0.15, 0.2) is 0 Å². The monoisotopic (exact) mass is 443 g/mol. The Morgan fingerprint density at radius 3 is 2.26 bits per heavy atom. The summed E-state index contributed by atoms with van der Waals surface area (Å²) in [6.07, 6.45) is 6.45. The van der Waals surface area contributed by atoms with Crippen LogP contribution in [0.25, 0.3) is 0 Å². The number of carbonyl (C=O) groups is 1. The van der Waals surface area contributed by atoms with Crippen molar-refractivity contribution in [1.29, 1.82) is 0 Å². The van der Waals surface area contributed by atoms with Crippen molar-refractivity contribution in [2.24, 2.45) is 0 Å². The Kier molecular flexibility index (Phi) is 6.48. The molecule has 166 valence electrons. The standard InChI is InChI=1S/C23H29N3O4S/c27-23(28)18-11-12-22(21(17-18)24-31(29,30)20-9-5-2-6-10-20)26-15-13-25(14-16-26)19-7-3-1-4-8-19/h2,5-6,9-12,17,19,24H,1,3-4,7-8,13-16H2,(H,27,28). The first-order valence-electron chi connectivity index (χ1n) is 10.9. The van der Waals surface area contributed by atoms with Crippen LogP contribution in [0.2, 0.25) is 0 Å². The van der Waals surface area contributed by atoms with Crippen molar-refractivity contribution in [3.05, 3.63) is 54.1 Å². The van der Waals surface area contributed by atoms with Crippen molar-refractivity contribution < 1.29 is 18.3 Å². The van der Waals surface area contributed by atoms with Gasteiger partial charge in [-0.05, 0) is 43.2 Å². The maximum Gasteiger partial charge on any atom is 0.335 e. The molecule has 1 saturated heterocycles. The van der Waals surface area contributed by atoms with Crippen molar-refractivity contribution >= 4 is 27.4 Å². The highest BCUT2D eigenvalue weighted by Gasteiger charge is 2.27. The Hall–Kier alpha value is -2.58. The van der Waals surface area contributed by atoms with E-state index in [0.29, 0.717) is 17.4 Å². The maximum absolute atomic E-state index is 12.9. The second-order valence-electron chi connectivity index (χ2n) is 8.27. The van der Waals surface area contributed by atoms with Crippen molar-refractivity contribution in [1.82, 2.24) is 4.90 Å². The quantitative estimate of drug-likeness (QED) is 0.709. The summed E-state index contributed by atoms with van der Waals surface area (Å²) in [6, 6.07) is 13.4. The molecule has 0 amide bonds. The lowest BCUT2D eigenvalue weighted by atomic mass is 9.94.